The Morgan fingerprint density at radius 3 is 2.83 bits per heavy atom. The molecule has 3 aromatic carbocycles. The predicted molar refractivity (Wildman–Crippen MR) is 154 cm³/mol. The SMILES string of the molecule is Cc1c(/C=N\NC(=O)CSc2nnc(COc3ccc(Cl)cc3Cl)o2)c2ccccc2n1Cc1cccc(F)c1. The molecule has 0 saturated carbocycles. The second-order valence-electron chi connectivity index (χ2n) is 8.64. The normalized spacial score (nSPS) is 11.4. The lowest BCUT2D eigenvalue weighted by molar-refractivity contribution is -0.118. The minimum absolute atomic E-state index is 0.0115. The number of para-hydroxylation sites is 1. The Kier molecular flexibility index (Phi) is 8.69. The van der Waals surface area contributed by atoms with Gasteiger partial charge in [0.25, 0.3) is 17.0 Å². The van der Waals surface area contributed by atoms with E-state index in [1.54, 1.807) is 30.5 Å². The summed E-state index contributed by atoms with van der Waals surface area (Å²) in [7, 11) is 0. The molecule has 2 heterocycles. The Morgan fingerprint density at radius 2 is 2.00 bits per heavy atom. The third-order valence-electron chi connectivity index (χ3n) is 5.91. The van der Waals surface area contributed by atoms with Crippen LogP contribution in [0.25, 0.3) is 10.9 Å². The van der Waals surface area contributed by atoms with E-state index >= 15 is 0 Å². The summed E-state index contributed by atoms with van der Waals surface area (Å²) >= 11 is 13.1. The molecule has 0 unspecified atom stereocenters. The summed E-state index contributed by atoms with van der Waals surface area (Å²) in [5.41, 5.74) is 6.18. The van der Waals surface area contributed by atoms with Crippen molar-refractivity contribution >= 4 is 58.0 Å². The van der Waals surface area contributed by atoms with E-state index in [0.29, 0.717) is 22.3 Å². The third kappa shape index (κ3) is 6.64. The average Bonchev–Trinajstić information content (AvgIpc) is 3.50. The maximum atomic E-state index is 13.7. The number of amides is 1. The van der Waals surface area contributed by atoms with Crippen molar-refractivity contribution in [2.75, 3.05) is 5.75 Å². The smallest absolute Gasteiger partial charge is 0.277 e. The van der Waals surface area contributed by atoms with Crippen molar-refractivity contribution in [3.05, 3.63) is 105 Å². The van der Waals surface area contributed by atoms with Gasteiger partial charge in [-0.25, -0.2) is 9.82 Å². The topological polar surface area (TPSA) is 94.5 Å². The molecule has 5 aromatic rings. The highest BCUT2D eigenvalue weighted by Gasteiger charge is 2.14. The molecule has 0 bridgehead atoms. The fourth-order valence-electron chi connectivity index (χ4n) is 4.06. The molecule has 0 aliphatic heterocycles. The minimum Gasteiger partial charge on any atom is -0.482 e. The molecule has 8 nitrogen and oxygen atoms in total. The summed E-state index contributed by atoms with van der Waals surface area (Å²) in [4.78, 5) is 12.4. The Balaban J connectivity index is 1.17. The van der Waals surface area contributed by atoms with Crippen LogP contribution in [-0.2, 0) is 17.9 Å². The van der Waals surface area contributed by atoms with Crippen LogP contribution in [0, 0.1) is 12.7 Å². The molecule has 204 valence electrons. The second kappa shape index (κ2) is 12.5. The number of ether oxygens (including phenoxy) is 1. The van der Waals surface area contributed by atoms with Crippen molar-refractivity contribution in [1.29, 1.82) is 0 Å². The monoisotopic (exact) mass is 597 g/mol. The maximum absolute atomic E-state index is 13.7. The van der Waals surface area contributed by atoms with Crippen LogP contribution in [0.3, 0.4) is 0 Å². The number of rotatable bonds is 10. The lowest BCUT2D eigenvalue weighted by atomic mass is 10.1. The molecular weight excluding hydrogens is 576 g/mol. The standard InChI is InChI=1S/C28H22Cl2FN5O3S/c1-17-22(21-7-2-3-8-24(21)36(17)14-18-5-4-6-20(31)11-18)13-32-33-26(37)16-40-28-35-34-27(39-28)15-38-25-10-9-19(29)12-23(25)30/h2-13H,14-16H2,1H3,(H,33,37)/b32-13-. The zero-order chi connectivity index (χ0) is 28.1. The molecule has 12 heteroatoms. The number of halogens is 3. The lowest BCUT2D eigenvalue weighted by Gasteiger charge is -2.09. The van der Waals surface area contributed by atoms with E-state index in [4.69, 9.17) is 32.4 Å². The van der Waals surface area contributed by atoms with Gasteiger partial charge in [0, 0.05) is 33.7 Å². The van der Waals surface area contributed by atoms with E-state index in [9.17, 15) is 9.18 Å². The number of carbonyl (C=O) groups excluding carboxylic acids is 1. The molecule has 0 fully saturated rings. The van der Waals surface area contributed by atoms with E-state index in [0.717, 1.165) is 39.5 Å². The van der Waals surface area contributed by atoms with Crippen molar-refractivity contribution in [2.45, 2.75) is 25.3 Å². The van der Waals surface area contributed by atoms with E-state index in [-0.39, 0.29) is 35.2 Å². The fourth-order valence-corrected chi connectivity index (χ4v) is 5.09. The first-order chi connectivity index (χ1) is 19.4. The van der Waals surface area contributed by atoms with E-state index in [1.807, 2.05) is 37.3 Å². The Labute approximate surface area is 243 Å². The molecular formula is C28H22Cl2FN5O3S. The van der Waals surface area contributed by atoms with Crippen molar-refractivity contribution < 1.29 is 18.3 Å². The summed E-state index contributed by atoms with van der Waals surface area (Å²) in [5, 5.41) is 14.1. The molecule has 0 atom stereocenters. The largest absolute Gasteiger partial charge is 0.482 e. The number of nitrogens with zero attached hydrogens (tertiary/aromatic N) is 4. The molecule has 5 rings (SSSR count). The number of carbonyl (C=O) groups is 1. The lowest BCUT2D eigenvalue weighted by Crippen LogP contribution is -2.19. The molecule has 1 N–H and O–H groups in total. The molecule has 1 amide bonds. The van der Waals surface area contributed by atoms with Crippen LogP contribution in [0.5, 0.6) is 5.75 Å². The van der Waals surface area contributed by atoms with Gasteiger partial charge in [0.05, 0.1) is 17.0 Å². The number of hydrazone groups is 1. The van der Waals surface area contributed by atoms with E-state index in [2.05, 4.69) is 25.3 Å². The number of fused-ring (bicyclic) bond motifs is 1. The zero-order valence-corrected chi connectivity index (χ0v) is 23.4. The quantitative estimate of drug-likeness (QED) is 0.110. The number of hydrogen-bond acceptors (Lipinski definition) is 7. The number of nitrogens with one attached hydrogen (secondary N) is 1. The number of hydrogen-bond donors (Lipinski definition) is 1. The first-order valence-electron chi connectivity index (χ1n) is 12.0. The highest BCUT2D eigenvalue weighted by molar-refractivity contribution is 7.99. The van der Waals surface area contributed by atoms with Crippen LogP contribution >= 0.6 is 35.0 Å². The highest BCUT2D eigenvalue weighted by Crippen LogP contribution is 2.29. The van der Waals surface area contributed by atoms with Gasteiger partial charge in [0.1, 0.15) is 11.6 Å². The van der Waals surface area contributed by atoms with Crippen LogP contribution in [0.2, 0.25) is 10.0 Å². The summed E-state index contributed by atoms with van der Waals surface area (Å²) in [6.45, 7) is 2.48. The Bertz CT molecular complexity index is 1700. The van der Waals surface area contributed by atoms with Crippen LogP contribution in [0.4, 0.5) is 4.39 Å². The number of aromatic nitrogens is 3. The summed E-state index contributed by atoms with van der Waals surface area (Å²) in [6, 6.07) is 19.3. The maximum Gasteiger partial charge on any atom is 0.277 e. The highest BCUT2D eigenvalue weighted by atomic mass is 35.5. The fraction of sp³-hybridized carbons (Fsp3) is 0.143. The van der Waals surface area contributed by atoms with Gasteiger partial charge in [-0.2, -0.15) is 5.10 Å². The van der Waals surface area contributed by atoms with Crippen molar-refractivity contribution in [1.82, 2.24) is 20.2 Å². The van der Waals surface area contributed by atoms with Gasteiger partial charge in [-0.05, 0) is 48.9 Å². The first-order valence-corrected chi connectivity index (χ1v) is 13.8. The Morgan fingerprint density at radius 1 is 1.15 bits per heavy atom. The van der Waals surface area contributed by atoms with Gasteiger partial charge in [-0.15, -0.1) is 10.2 Å². The first kappa shape index (κ1) is 27.7. The second-order valence-corrected chi connectivity index (χ2v) is 10.4. The Hall–Kier alpha value is -3.86. The van der Waals surface area contributed by atoms with Crippen LogP contribution in [-0.4, -0.2) is 32.6 Å². The molecule has 0 aliphatic rings. The minimum atomic E-state index is -0.341. The zero-order valence-electron chi connectivity index (χ0n) is 21.1. The molecule has 40 heavy (non-hydrogen) atoms. The summed E-state index contributed by atoms with van der Waals surface area (Å²) in [5.74, 6) is 0.0664. The molecule has 0 aliphatic carbocycles. The van der Waals surface area contributed by atoms with Gasteiger partial charge >= 0.3 is 0 Å². The summed E-state index contributed by atoms with van der Waals surface area (Å²) < 4.78 is 26.9. The van der Waals surface area contributed by atoms with Gasteiger partial charge in [0.2, 0.25) is 0 Å². The average molecular weight is 598 g/mol. The predicted octanol–water partition coefficient (Wildman–Crippen LogP) is 6.65. The van der Waals surface area contributed by atoms with Gasteiger partial charge in [-0.3, -0.25) is 4.79 Å². The van der Waals surface area contributed by atoms with Gasteiger partial charge in [0.15, 0.2) is 6.61 Å². The van der Waals surface area contributed by atoms with Crippen LogP contribution in [0.15, 0.2) is 81.5 Å². The van der Waals surface area contributed by atoms with Gasteiger partial charge < -0.3 is 13.7 Å². The molecule has 2 aromatic heterocycles. The van der Waals surface area contributed by atoms with Crippen LogP contribution in [0.1, 0.15) is 22.7 Å². The number of thioether (sulfide) groups is 1. The molecule has 0 radical (unpaired) electrons. The van der Waals surface area contributed by atoms with Crippen molar-refractivity contribution in [3.8, 4) is 5.75 Å². The van der Waals surface area contributed by atoms with Crippen molar-refractivity contribution in [2.24, 2.45) is 5.10 Å². The van der Waals surface area contributed by atoms with Crippen LogP contribution < -0.4 is 10.2 Å². The van der Waals surface area contributed by atoms with Gasteiger partial charge in [-0.1, -0.05) is 65.3 Å². The molecule has 0 saturated heterocycles. The van der Waals surface area contributed by atoms with E-state index < -0.39 is 0 Å². The molecule has 0 spiro atoms. The van der Waals surface area contributed by atoms with Crippen molar-refractivity contribution in [3.63, 3.8) is 0 Å². The van der Waals surface area contributed by atoms with E-state index in [1.165, 1.54) is 12.1 Å². The number of benzene rings is 3. The third-order valence-corrected chi connectivity index (χ3v) is 7.26. The summed E-state index contributed by atoms with van der Waals surface area (Å²) in [6.07, 6.45) is 1.62.